The Kier molecular flexibility index (Phi) is 4.63. The highest BCUT2D eigenvalue weighted by Crippen LogP contribution is 2.22. The highest BCUT2D eigenvalue weighted by atomic mass is 32.2. The lowest BCUT2D eigenvalue weighted by atomic mass is 9.99. The smallest absolute Gasteiger partial charge is 0.261 e. The molecule has 0 radical (unpaired) electrons. The molecule has 0 fully saturated rings. The molecule has 0 unspecified atom stereocenters. The maximum Gasteiger partial charge on any atom is 0.261 e. The van der Waals surface area contributed by atoms with Crippen LogP contribution in [0.1, 0.15) is 31.7 Å². The van der Waals surface area contributed by atoms with E-state index in [2.05, 4.69) is 18.6 Å². The summed E-state index contributed by atoms with van der Waals surface area (Å²) in [4.78, 5) is -0.0893. The van der Waals surface area contributed by atoms with Gasteiger partial charge in [-0.1, -0.05) is 32.0 Å². The van der Waals surface area contributed by atoms with Crippen molar-refractivity contribution >= 4 is 15.7 Å². The SMILES string of the molecule is CC[C@@H](C)c1ccc(NS(=O)(=O)c2cccc(F)c2)cc1. The number of nitrogens with one attached hydrogen (secondary N) is 1. The predicted molar refractivity (Wildman–Crippen MR) is 82.4 cm³/mol. The van der Waals surface area contributed by atoms with Gasteiger partial charge in [0, 0.05) is 5.69 Å². The minimum absolute atomic E-state index is 0.0893. The van der Waals surface area contributed by atoms with E-state index in [-0.39, 0.29) is 4.90 Å². The molecule has 0 bridgehead atoms. The van der Waals surface area contributed by atoms with Crippen molar-refractivity contribution in [2.24, 2.45) is 0 Å². The standard InChI is InChI=1S/C16H18FNO2S/c1-3-12(2)13-7-9-15(10-8-13)18-21(19,20)16-6-4-5-14(17)11-16/h4-12,18H,3H2,1-2H3/t12-/m1/s1. The molecule has 112 valence electrons. The lowest BCUT2D eigenvalue weighted by Crippen LogP contribution is -2.13. The van der Waals surface area contributed by atoms with Crippen molar-refractivity contribution in [2.45, 2.75) is 31.1 Å². The quantitative estimate of drug-likeness (QED) is 0.902. The molecule has 0 spiro atoms. The number of halogens is 1. The molecule has 2 aromatic carbocycles. The Balaban J connectivity index is 2.21. The average molecular weight is 307 g/mol. The van der Waals surface area contributed by atoms with Gasteiger partial charge in [0.1, 0.15) is 5.82 Å². The van der Waals surface area contributed by atoms with E-state index in [1.54, 1.807) is 12.1 Å². The fraction of sp³-hybridized carbons (Fsp3) is 0.250. The zero-order chi connectivity index (χ0) is 15.5. The van der Waals surface area contributed by atoms with Crippen LogP contribution in [0, 0.1) is 5.82 Å². The van der Waals surface area contributed by atoms with Gasteiger partial charge in [0.25, 0.3) is 10.0 Å². The average Bonchev–Trinajstić information content (AvgIpc) is 2.47. The minimum atomic E-state index is -3.76. The molecule has 0 aromatic heterocycles. The zero-order valence-electron chi connectivity index (χ0n) is 12.0. The molecule has 5 heteroatoms. The number of hydrogen-bond donors (Lipinski definition) is 1. The summed E-state index contributed by atoms with van der Waals surface area (Å²) in [5.41, 5.74) is 1.62. The second-order valence-corrected chi connectivity index (χ2v) is 6.68. The normalized spacial score (nSPS) is 12.9. The van der Waals surface area contributed by atoms with Crippen LogP contribution >= 0.6 is 0 Å². The fourth-order valence-electron chi connectivity index (χ4n) is 1.96. The van der Waals surface area contributed by atoms with Crippen molar-refractivity contribution in [3.05, 3.63) is 59.9 Å². The van der Waals surface area contributed by atoms with Gasteiger partial charge < -0.3 is 0 Å². The summed E-state index contributed by atoms with van der Waals surface area (Å²) in [6, 6.07) is 12.2. The van der Waals surface area contributed by atoms with Crippen molar-refractivity contribution in [2.75, 3.05) is 4.72 Å². The van der Waals surface area contributed by atoms with Crippen LogP contribution in [0.4, 0.5) is 10.1 Å². The molecule has 0 aliphatic heterocycles. The maximum atomic E-state index is 13.1. The van der Waals surface area contributed by atoms with Crippen molar-refractivity contribution in [1.29, 1.82) is 0 Å². The van der Waals surface area contributed by atoms with Gasteiger partial charge in [-0.15, -0.1) is 0 Å². The third kappa shape index (κ3) is 3.82. The lowest BCUT2D eigenvalue weighted by molar-refractivity contribution is 0.595. The summed E-state index contributed by atoms with van der Waals surface area (Å²) < 4.78 is 39.9. The Bertz CT molecular complexity index is 711. The Labute approximate surface area is 124 Å². The summed E-state index contributed by atoms with van der Waals surface area (Å²) in [5, 5.41) is 0. The minimum Gasteiger partial charge on any atom is -0.280 e. The summed E-state index contributed by atoms with van der Waals surface area (Å²) in [7, 11) is -3.76. The molecule has 0 saturated carbocycles. The molecular weight excluding hydrogens is 289 g/mol. The van der Waals surface area contributed by atoms with E-state index >= 15 is 0 Å². The van der Waals surface area contributed by atoms with E-state index in [9.17, 15) is 12.8 Å². The van der Waals surface area contributed by atoms with Crippen LogP contribution in [-0.4, -0.2) is 8.42 Å². The molecule has 0 saturated heterocycles. The van der Waals surface area contributed by atoms with Crippen LogP contribution in [0.25, 0.3) is 0 Å². The van der Waals surface area contributed by atoms with E-state index in [1.807, 2.05) is 12.1 Å². The van der Waals surface area contributed by atoms with E-state index in [4.69, 9.17) is 0 Å². The molecule has 0 amide bonds. The first-order valence-electron chi connectivity index (χ1n) is 6.80. The number of sulfonamides is 1. The summed E-state index contributed by atoms with van der Waals surface area (Å²) in [6.07, 6.45) is 1.02. The molecule has 21 heavy (non-hydrogen) atoms. The molecule has 0 aliphatic rings. The summed E-state index contributed by atoms with van der Waals surface area (Å²) in [5.74, 6) is -0.149. The van der Waals surface area contributed by atoms with Crippen LogP contribution in [0.2, 0.25) is 0 Å². The second kappa shape index (κ2) is 6.26. The first-order chi connectivity index (χ1) is 9.92. The number of benzene rings is 2. The maximum absolute atomic E-state index is 13.1. The van der Waals surface area contributed by atoms with Gasteiger partial charge in [0.2, 0.25) is 0 Å². The molecule has 0 heterocycles. The molecule has 1 atom stereocenters. The second-order valence-electron chi connectivity index (χ2n) is 4.99. The number of hydrogen-bond acceptors (Lipinski definition) is 2. The molecular formula is C16H18FNO2S. The lowest BCUT2D eigenvalue weighted by Gasteiger charge is -2.11. The van der Waals surface area contributed by atoms with Crippen LogP contribution in [-0.2, 0) is 10.0 Å². The molecule has 3 nitrogen and oxygen atoms in total. The van der Waals surface area contributed by atoms with Crippen molar-refractivity contribution in [1.82, 2.24) is 0 Å². The van der Waals surface area contributed by atoms with E-state index in [1.165, 1.54) is 18.2 Å². The third-order valence-corrected chi connectivity index (χ3v) is 4.83. The van der Waals surface area contributed by atoms with Gasteiger partial charge in [0.15, 0.2) is 0 Å². The fourth-order valence-corrected chi connectivity index (χ4v) is 3.05. The van der Waals surface area contributed by atoms with E-state index in [0.29, 0.717) is 11.6 Å². The van der Waals surface area contributed by atoms with Gasteiger partial charge in [-0.3, -0.25) is 4.72 Å². The highest BCUT2D eigenvalue weighted by Gasteiger charge is 2.14. The highest BCUT2D eigenvalue weighted by molar-refractivity contribution is 7.92. The van der Waals surface area contributed by atoms with Crippen LogP contribution in [0.3, 0.4) is 0 Å². The monoisotopic (exact) mass is 307 g/mol. The third-order valence-electron chi connectivity index (χ3n) is 3.45. The van der Waals surface area contributed by atoms with E-state index < -0.39 is 15.8 Å². The van der Waals surface area contributed by atoms with Crippen molar-refractivity contribution < 1.29 is 12.8 Å². The predicted octanol–water partition coefficient (Wildman–Crippen LogP) is 4.14. The first kappa shape index (κ1) is 15.5. The van der Waals surface area contributed by atoms with Crippen molar-refractivity contribution in [3.8, 4) is 0 Å². The Morgan fingerprint density at radius 2 is 1.81 bits per heavy atom. The van der Waals surface area contributed by atoms with Gasteiger partial charge in [-0.05, 0) is 48.2 Å². The van der Waals surface area contributed by atoms with Crippen LogP contribution in [0.5, 0.6) is 0 Å². The van der Waals surface area contributed by atoms with Crippen LogP contribution in [0.15, 0.2) is 53.4 Å². The topological polar surface area (TPSA) is 46.2 Å². The molecule has 1 N–H and O–H groups in total. The zero-order valence-corrected chi connectivity index (χ0v) is 12.8. The summed E-state index contributed by atoms with van der Waals surface area (Å²) in [6.45, 7) is 4.22. The molecule has 0 aliphatic carbocycles. The number of anilines is 1. The Morgan fingerprint density at radius 3 is 2.38 bits per heavy atom. The summed E-state index contributed by atoms with van der Waals surface area (Å²) >= 11 is 0. The Morgan fingerprint density at radius 1 is 1.14 bits per heavy atom. The van der Waals surface area contributed by atoms with Gasteiger partial charge in [-0.25, -0.2) is 12.8 Å². The molecule has 2 rings (SSSR count). The number of rotatable bonds is 5. The van der Waals surface area contributed by atoms with E-state index in [0.717, 1.165) is 18.1 Å². The van der Waals surface area contributed by atoms with Crippen LogP contribution < -0.4 is 4.72 Å². The van der Waals surface area contributed by atoms with Gasteiger partial charge >= 0.3 is 0 Å². The molecule has 2 aromatic rings. The van der Waals surface area contributed by atoms with Crippen molar-refractivity contribution in [3.63, 3.8) is 0 Å². The largest absolute Gasteiger partial charge is 0.280 e. The van der Waals surface area contributed by atoms with Gasteiger partial charge in [-0.2, -0.15) is 0 Å². The Hall–Kier alpha value is -1.88. The first-order valence-corrected chi connectivity index (χ1v) is 8.29. The van der Waals surface area contributed by atoms with Gasteiger partial charge in [0.05, 0.1) is 4.90 Å².